The summed E-state index contributed by atoms with van der Waals surface area (Å²) in [6.07, 6.45) is 0. The van der Waals surface area contributed by atoms with E-state index in [9.17, 15) is 13.2 Å². The van der Waals surface area contributed by atoms with Crippen molar-refractivity contribution in [1.29, 1.82) is 0 Å². The molecule has 1 saturated heterocycles. The topological polar surface area (TPSA) is 70.9 Å². The van der Waals surface area contributed by atoms with E-state index in [2.05, 4.69) is 11.8 Å². The summed E-state index contributed by atoms with van der Waals surface area (Å²) in [6, 6.07) is 14.8. The fourth-order valence-electron chi connectivity index (χ4n) is 2.77. The summed E-state index contributed by atoms with van der Waals surface area (Å²) in [5.74, 6) is -0.0486. The van der Waals surface area contributed by atoms with E-state index >= 15 is 0 Å². The number of likely N-dealkylation sites (N-methyl/N-ethyl adjacent to an activating group) is 1. The van der Waals surface area contributed by atoms with Crippen LogP contribution in [0.2, 0.25) is 0 Å². The summed E-state index contributed by atoms with van der Waals surface area (Å²) >= 11 is 0. The summed E-state index contributed by atoms with van der Waals surface area (Å²) < 4.78 is 27.3. The molecule has 0 spiro atoms. The second-order valence-electron chi connectivity index (χ2n) is 6.25. The standard InChI is InChI=1S/C18H21N3O3S/c1-20-11-13-21(14-12-20)18(22)15-7-9-17(10-8-15)25(23,24)19-16-5-3-2-4-6-16/h2-10,19H,11-14H2,1H3/p+1. The van der Waals surface area contributed by atoms with Gasteiger partial charge >= 0.3 is 0 Å². The molecule has 1 aliphatic rings. The van der Waals surface area contributed by atoms with Crippen LogP contribution in [0.15, 0.2) is 59.5 Å². The lowest BCUT2D eigenvalue weighted by molar-refractivity contribution is -0.883. The molecule has 25 heavy (non-hydrogen) atoms. The van der Waals surface area contributed by atoms with Gasteiger partial charge in [-0.2, -0.15) is 0 Å². The van der Waals surface area contributed by atoms with Crippen LogP contribution in [0.25, 0.3) is 0 Å². The number of benzene rings is 2. The van der Waals surface area contributed by atoms with Crippen molar-refractivity contribution in [3.05, 3.63) is 60.2 Å². The normalized spacial score (nSPS) is 15.8. The van der Waals surface area contributed by atoms with Crippen LogP contribution >= 0.6 is 0 Å². The molecule has 1 heterocycles. The zero-order valence-corrected chi connectivity index (χ0v) is 14.9. The van der Waals surface area contributed by atoms with Crippen molar-refractivity contribution in [3.63, 3.8) is 0 Å². The zero-order chi connectivity index (χ0) is 17.9. The van der Waals surface area contributed by atoms with Crippen LogP contribution in [0, 0.1) is 0 Å². The largest absolute Gasteiger partial charge is 0.334 e. The van der Waals surface area contributed by atoms with E-state index < -0.39 is 10.0 Å². The minimum Gasteiger partial charge on any atom is -0.334 e. The van der Waals surface area contributed by atoms with Crippen molar-refractivity contribution < 1.29 is 18.1 Å². The number of carbonyl (C=O) groups excluding carboxylic acids is 1. The van der Waals surface area contributed by atoms with Crippen molar-refractivity contribution in [2.45, 2.75) is 4.90 Å². The van der Waals surface area contributed by atoms with Crippen LogP contribution < -0.4 is 9.62 Å². The molecule has 3 rings (SSSR count). The quantitative estimate of drug-likeness (QED) is 0.832. The molecular weight excluding hydrogens is 338 g/mol. The van der Waals surface area contributed by atoms with Crippen LogP contribution in [-0.4, -0.2) is 52.5 Å². The molecular formula is C18H22N3O3S+. The molecule has 0 aliphatic carbocycles. The van der Waals surface area contributed by atoms with Gasteiger partial charge in [-0.05, 0) is 36.4 Å². The first-order chi connectivity index (χ1) is 12.0. The summed E-state index contributed by atoms with van der Waals surface area (Å²) in [7, 11) is -1.55. The monoisotopic (exact) mass is 360 g/mol. The summed E-state index contributed by atoms with van der Waals surface area (Å²) in [6.45, 7) is 3.30. The number of para-hydroxylation sites is 1. The van der Waals surface area contributed by atoms with E-state index in [0.717, 1.165) is 26.2 Å². The van der Waals surface area contributed by atoms with Gasteiger partial charge in [0.2, 0.25) is 0 Å². The summed E-state index contributed by atoms with van der Waals surface area (Å²) in [4.78, 5) is 15.9. The Labute approximate surface area is 148 Å². The number of nitrogens with one attached hydrogen (secondary N) is 2. The number of rotatable bonds is 4. The highest BCUT2D eigenvalue weighted by atomic mass is 32.2. The smallest absolute Gasteiger partial charge is 0.261 e. The maximum absolute atomic E-state index is 12.5. The van der Waals surface area contributed by atoms with Crippen LogP contribution in [0.3, 0.4) is 0 Å². The molecule has 2 aromatic rings. The number of amides is 1. The van der Waals surface area contributed by atoms with Gasteiger partial charge in [0, 0.05) is 11.3 Å². The molecule has 0 aromatic heterocycles. The first-order valence-corrected chi connectivity index (χ1v) is 9.72. The van der Waals surface area contributed by atoms with E-state index in [1.807, 2.05) is 11.0 Å². The van der Waals surface area contributed by atoms with E-state index in [1.165, 1.54) is 17.0 Å². The fraction of sp³-hybridized carbons (Fsp3) is 0.278. The van der Waals surface area contributed by atoms with E-state index in [4.69, 9.17) is 0 Å². The number of quaternary nitrogens is 1. The average Bonchev–Trinajstić information content (AvgIpc) is 2.62. The van der Waals surface area contributed by atoms with Gasteiger partial charge in [0.1, 0.15) is 0 Å². The first kappa shape index (κ1) is 17.4. The lowest BCUT2D eigenvalue weighted by Gasteiger charge is -2.30. The van der Waals surface area contributed by atoms with Crippen molar-refractivity contribution in [1.82, 2.24) is 4.90 Å². The minimum atomic E-state index is -3.67. The third kappa shape index (κ3) is 4.18. The van der Waals surface area contributed by atoms with Crippen LogP contribution in [-0.2, 0) is 10.0 Å². The Morgan fingerprint density at radius 2 is 1.60 bits per heavy atom. The molecule has 0 bridgehead atoms. The van der Waals surface area contributed by atoms with Gasteiger partial charge in [-0.25, -0.2) is 8.42 Å². The van der Waals surface area contributed by atoms with Crippen LogP contribution in [0.1, 0.15) is 10.4 Å². The highest BCUT2D eigenvalue weighted by Gasteiger charge is 2.23. The van der Waals surface area contributed by atoms with Gasteiger partial charge in [0.15, 0.2) is 0 Å². The van der Waals surface area contributed by atoms with Crippen molar-refractivity contribution in [3.8, 4) is 0 Å². The van der Waals surface area contributed by atoms with Gasteiger partial charge in [0.25, 0.3) is 15.9 Å². The van der Waals surface area contributed by atoms with Gasteiger partial charge in [0.05, 0.1) is 38.1 Å². The number of anilines is 1. The Morgan fingerprint density at radius 3 is 2.20 bits per heavy atom. The van der Waals surface area contributed by atoms with E-state index in [0.29, 0.717) is 11.3 Å². The van der Waals surface area contributed by atoms with Gasteiger partial charge in [-0.3, -0.25) is 9.52 Å². The lowest BCUT2D eigenvalue weighted by Crippen LogP contribution is -3.12. The van der Waals surface area contributed by atoms with Crippen molar-refractivity contribution in [2.75, 3.05) is 37.9 Å². The SMILES string of the molecule is C[NH+]1CCN(C(=O)c2ccc(S(=O)(=O)Nc3ccccc3)cc2)CC1. The van der Waals surface area contributed by atoms with E-state index in [1.54, 1.807) is 36.4 Å². The maximum atomic E-state index is 12.5. The molecule has 0 saturated carbocycles. The number of hydrogen-bond acceptors (Lipinski definition) is 3. The second kappa shape index (κ2) is 7.25. The average molecular weight is 360 g/mol. The maximum Gasteiger partial charge on any atom is 0.261 e. The molecule has 2 aromatic carbocycles. The molecule has 132 valence electrons. The van der Waals surface area contributed by atoms with Crippen molar-refractivity contribution in [2.24, 2.45) is 0 Å². The van der Waals surface area contributed by atoms with Crippen LogP contribution in [0.4, 0.5) is 5.69 Å². The second-order valence-corrected chi connectivity index (χ2v) is 7.93. The van der Waals surface area contributed by atoms with Crippen molar-refractivity contribution >= 4 is 21.6 Å². The predicted molar refractivity (Wildman–Crippen MR) is 96.2 cm³/mol. The highest BCUT2D eigenvalue weighted by Crippen LogP contribution is 2.17. The Morgan fingerprint density at radius 1 is 1.00 bits per heavy atom. The Kier molecular flexibility index (Phi) is 5.06. The van der Waals surface area contributed by atoms with E-state index in [-0.39, 0.29) is 10.8 Å². The predicted octanol–water partition coefficient (Wildman–Crippen LogP) is 0.458. The van der Waals surface area contributed by atoms with Gasteiger partial charge < -0.3 is 9.80 Å². The first-order valence-electron chi connectivity index (χ1n) is 8.24. The summed E-state index contributed by atoms with van der Waals surface area (Å²) in [5, 5.41) is 0. The molecule has 1 amide bonds. The fourth-order valence-corrected chi connectivity index (χ4v) is 3.83. The van der Waals surface area contributed by atoms with Gasteiger partial charge in [-0.15, -0.1) is 0 Å². The van der Waals surface area contributed by atoms with Crippen LogP contribution in [0.5, 0.6) is 0 Å². The summed E-state index contributed by atoms with van der Waals surface area (Å²) in [5.41, 5.74) is 1.01. The Hall–Kier alpha value is -2.38. The Bertz CT molecular complexity index is 828. The molecule has 1 aliphatic heterocycles. The number of carbonyl (C=O) groups is 1. The van der Waals surface area contributed by atoms with Gasteiger partial charge in [-0.1, -0.05) is 18.2 Å². The zero-order valence-electron chi connectivity index (χ0n) is 14.1. The molecule has 0 radical (unpaired) electrons. The number of sulfonamides is 1. The Balaban J connectivity index is 1.72. The third-order valence-corrected chi connectivity index (χ3v) is 5.74. The third-order valence-electron chi connectivity index (χ3n) is 4.34. The number of piperazine rings is 1. The number of hydrogen-bond donors (Lipinski definition) is 2. The molecule has 0 atom stereocenters. The molecule has 2 N–H and O–H groups in total. The molecule has 1 fully saturated rings. The molecule has 6 nitrogen and oxygen atoms in total. The lowest BCUT2D eigenvalue weighted by atomic mass is 10.2. The number of nitrogens with zero attached hydrogens (tertiary/aromatic N) is 1. The molecule has 7 heteroatoms. The highest BCUT2D eigenvalue weighted by molar-refractivity contribution is 7.92. The minimum absolute atomic E-state index is 0.0486. The molecule has 0 unspecified atom stereocenters.